The molecule has 1 heterocycles. The third kappa shape index (κ3) is 3.55. The molecule has 0 atom stereocenters. The number of aryl methyl sites for hydroxylation is 1. The first kappa shape index (κ1) is 14.0. The Balaban J connectivity index is 2.00. The van der Waals surface area contributed by atoms with Crippen molar-refractivity contribution in [3.8, 4) is 0 Å². The Hall–Kier alpha value is -1.39. The topological polar surface area (TPSA) is 35.6 Å². The zero-order chi connectivity index (χ0) is 13.7. The van der Waals surface area contributed by atoms with Crippen LogP contribution in [0.1, 0.15) is 12.0 Å². The van der Waals surface area contributed by atoms with Crippen molar-refractivity contribution in [1.29, 1.82) is 0 Å². The molecular weight excluding hydrogens is 238 g/mol. The second-order valence-corrected chi connectivity index (χ2v) is 5.12. The molecule has 0 radical (unpaired) electrons. The number of likely N-dealkylation sites (N-methyl/N-ethyl adjacent to an activating group) is 2. The minimum Gasteiger partial charge on any atom is -0.318 e. The van der Waals surface area contributed by atoms with E-state index in [1.807, 2.05) is 31.1 Å². The van der Waals surface area contributed by atoms with Gasteiger partial charge in [0.2, 0.25) is 5.91 Å². The largest absolute Gasteiger partial charge is 0.318 e. The monoisotopic (exact) mass is 261 g/mol. The summed E-state index contributed by atoms with van der Waals surface area (Å²) in [4.78, 5) is 16.4. The summed E-state index contributed by atoms with van der Waals surface area (Å²) in [7, 11) is 3.92. The van der Waals surface area contributed by atoms with Crippen LogP contribution in [0.4, 0.5) is 5.69 Å². The minimum atomic E-state index is 0.200. The van der Waals surface area contributed by atoms with Gasteiger partial charge in [-0.3, -0.25) is 9.69 Å². The molecule has 0 bridgehead atoms. The van der Waals surface area contributed by atoms with Gasteiger partial charge in [-0.1, -0.05) is 18.2 Å². The maximum Gasteiger partial charge on any atom is 0.241 e. The molecule has 0 saturated heterocycles. The molecule has 0 fully saturated rings. The van der Waals surface area contributed by atoms with E-state index in [2.05, 4.69) is 22.3 Å². The number of para-hydroxylation sites is 1. The average Bonchev–Trinajstić information content (AvgIpc) is 2.44. The number of hydrogen-bond acceptors (Lipinski definition) is 3. The van der Waals surface area contributed by atoms with E-state index in [0.29, 0.717) is 6.54 Å². The number of carbonyl (C=O) groups excluding carboxylic acids is 1. The summed E-state index contributed by atoms with van der Waals surface area (Å²) < 4.78 is 0. The molecule has 19 heavy (non-hydrogen) atoms. The maximum absolute atomic E-state index is 12.4. The number of carbonyl (C=O) groups is 1. The van der Waals surface area contributed by atoms with Gasteiger partial charge in [0.15, 0.2) is 0 Å². The summed E-state index contributed by atoms with van der Waals surface area (Å²) >= 11 is 0. The van der Waals surface area contributed by atoms with Crippen molar-refractivity contribution < 1.29 is 4.79 Å². The summed E-state index contributed by atoms with van der Waals surface area (Å²) in [6.45, 7) is 3.11. The van der Waals surface area contributed by atoms with E-state index >= 15 is 0 Å². The zero-order valence-corrected chi connectivity index (χ0v) is 11.9. The Labute approximate surface area is 115 Å². The number of nitrogens with zero attached hydrogens (tertiary/aromatic N) is 2. The van der Waals surface area contributed by atoms with Gasteiger partial charge in [-0.2, -0.15) is 0 Å². The summed E-state index contributed by atoms with van der Waals surface area (Å²) in [6.07, 6.45) is 2.14. The lowest BCUT2D eigenvalue weighted by atomic mass is 10.0. The Bertz CT molecular complexity index is 433. The molecule has 1 N–H and O–H groups in total. The fraction of sp³-hybridized carbons (Fsp3) is 0.533. The van der Waals surface area contributed by atoms with Gasteiger partial charge >= 0.3 is 0 Å². The van der Waals surface area contributed by atoms with Crippen LogP contribution in [0.5, 0.6) is 0 Å². The van der Waals surface area contributed by atoms with Gasteiger partial charge in [-0.25, -0.2) is 0 Å². The van der Waals surface area contributed by atoms with Crippen molar-refractivity contribution in [2.75, 3.05) is 45.2 Å². The van der Waals surface area contributed by atoms with Crippen LogP contribution in [0.15, 0.2) is 24.3 Å². The molecule has 0 spiro atoms. The van der Waals surface area contributed by atoms with Crippen LogP contribution in [0.3, 0.4) is 0 Å². The lowest BCUT2D eigenvalue weighted by Crippen LogP contribution is -2.42. The average molecular weight is 261 g/mol. The van der Waals surface area contributed by atoms with E-state index in [1.165, 1.54) is 5.56 Å². The van der Waals surface area contributed by atoms with Gasteiger partial charge in [-0.05, 0) is 38.6 Å². The predicted octanol–water partition coefficient (Wildman–Crippen LogP) is 1.12. The standard InChI is InChI=1S/C15H23N3O/c1-16-9-11-17(2)12-15(19)18-10-5-7-13-6-3-4-8-14(13)18/h3-4,6,8,16H,5,7,9-12H2,1-2H3. The lowest BCUT2D eigenvalue weighted by molar-refractivity contribution is -0.119. The van der Waals surface area contributed by atoms with E-state index in [1.54, 1.807) is 0 Å². The molecule has 104 valence electrons. The molecule has 1 aromatic carbocycles. The van der Waals surface area contributed by atoms with E-state index in [4.69, 9.17) is 0 Å². The Morgan fingerprint density at radius 3 is 3.00 bits per heavy atom. The number of anilines is 1. The Morgan fingerprint density at radius 2 is 2.21 bits per heavy atom. The summed E-state index contributed by atoms with van der Waals surface area (Å²) in [5, 5.41) is 3.10. The first-order valence-corrected chi connectivity index (χ1v) is 6.94. The van der Waals surface area contributed by atoms with Crippen LogP contribution in [0, 0.1) is 0 Å². The van der Waals surface area contributed by atoms with E-state index in [9.17, 15) is 4.79 Å². The number of nitrogens with one attached hydrogen (secondary N) is 1. The highest BCUT2D eigenvalue weighted by molar-refractivity contribution is 5.95. The van der Waals surface area contributed by atoms with Gasteiger partial charge in [0.25, 0.3) is 0 Å². The third-order valence-electron chi connectivity index (χ3n) is 3.56. The van der Waals surface area contributed by atoms with Crippen molar-refractivity contribution in [1.82, 2.24) is 10.2 Å². The number of fused-ring (bicyclic) bond motifs is 1. The summed E-state index contributed by atoms with van der Waals surface area (Å²) in [6, 6.07) is 8.24. The van der Waals surface area contributed by atoms with Crippen molar-refractivity contribution in [3.05, 3.63) is 29.8 Å². The van der Waals surface area contributed by atoms with Crippen LogP contribution in [-0.4, -0.2) is 51.1 Å². The van der Waals surface area contributed by atoms with Gasteiger partial charge < -0.3 is 10.2 Å². The molecular formula is C15H23N3O. The van der Waals surface area contributed by atoms with Crippen LogP contribution >= 0.6 is 0 Å². The molecule has 4 nitrogen and oxygen atoms in total. The normalized spacial score (nSPS) is 14.6. The Morgan fingerprint density at radius 1 is 1.42 bits per heavy atom. The van der Waals surface area contributed by atoms with Gasteiger partial charge in [0, 0.05) is 25.3 Å². The fourth-order valence-electron chi connectivity index (χ4n) is 2.49. The van der Waals surface area contributed by atoms with Crippen LogP contribution < -0.4 is 10.2 Å². The van der Waals surface area contributed by atoms with Crippen molar-refractivity contribution >= 4 is 11.6 Å². The first-order chi connectivity index (χ1) is 9.22. The molecule has 1 aliphatic rings. The van der Waals surface area contributed by atoms with Crippen LogP contribution in [-0.2, 0) is 11.2 Å². The van der Waals surface area contributed by atoms with Crippen LogP contribution in [0.2, 0.25) is 0 Å². The first-order valence-electron chi connectivity index (χ1n) is 6.94. The number of hydrogen-bond donors (Lipinski definition) is 1. The van der Waals surface area contributed by atoms with E-state index in [0.717, 1.165) is 38.2 Å². The summed E-state index contributed by atoms with van der Waals surface area (Å²) in [5.41, 5.74) is 2.39. The van der Waals surface area contributed by atoms with Crippen molar-refractivity contribution in [2.45, 2.75) is 12.8 Å². The molecule has 1 aromatic rings. The Kier molecular flexibility index (Phi) is 4.93. The van der Waals surface area contributed by atoms with Crippen LogP contribution in [0.25, 0.3) is 0 Å². The second kappa shape index (κ2) is 6.68. The molecule has 2 rings (SSSR count). The SMILES string of the molecule is CNCCN(C)CC(=O)N1CCCc2ccccc21. The third-order valence-corrected chi connectivity index (χ3v) is 3.56. The fourth-order valence-corrected chi connectivity index (χ4v) is 2.49. The van der Waals surface area contributed by atoms with E-state index in [-0.39, 0.29) is 5.91 Å². The number of benzene rings is 1. The summed E-state index contributed by atoms with van der Waals surface area (Å²) in [5.74, 6) is 0.200. The quantitative estimate of drug-likeness (QED) is 0.862. The highest BCUT2D eigenvalue weighted by Crippen LogP contribution is 2.26. The number of amides is 1. The molecule has 1 amide bonds. The van der Waals surface area contributed by atoms with Gasteiger partial charge in [-0.15, -0.1) is 0 Å². The molecule has 0 saturated carbocycles. The minimum absolute atomic E-state index is 0.200. The second-order valence-electron chi connectivity index (χ2n) is 5.12. The predicted molar refractivity (Wildman–Crippen MR) is 78.5 cm³/mol. The van der Waals surface area contributed by atoms with Gasteiger partial charge in [0.05, 0.1) is 6.54 Å². The smallest absolute Gasteiger partial charge is 0.241 e. The maximum atomic E-state index is 12.4. The zero-order valence-electron chi connectivity index (χ0n) is 11.9. The highest BCUT2D eigenvalue weighted by Gasteiger charge is 2.22. The van der Waals surface area contributed by atoms with Gasteiger partial charge in [0.1, 0.15) is 0 Å². The molecule has 4 heteroatoms. The molecule has 0 aliphatic carbocycles. The molecule has 1 aliphatic heterocycles. The van der Waals surface area contributed by atoms with Crippen molar-refractivity contribution in [3.63, 3.8) is 0 Å². The number of rotatable bonds is 5. The molecule has 0 aromatic heterocycles. The van der Waals surface area contributed by atoms with E-state index < -0.39 is 0 Å². The highest BCUT2D eigenvalue weighted by atomic mass is 16.2. The van der Waals surface area contributed by atoms with Crippen molar-refractivity contribution in [2.24, 2.45) is 0 Å². The lowest BCUT2D eigenvalue weighted by Gasteiger charge is -2.31. The molecule has 0 unspecified atom stereocenters.